The maximum Gasteiger partial charge on any atom is 0.155 e. The lowest BCUT2D eigenvalue weighted by atomic mass is 9.30. The molecule has 1 atom stereocenters. The van der Waals surface area contributed by atoms with Crippen LogP contribution in [0.4, 0.5) is 0 Å². The fourth-order valence-electron chi connectivity index (χ4n) is 4.73. The molecule has 1 heteroatoms. The third-order valence-electron chi connectivity index (χ3n) is 5.50. The van der Waals surface area contributed by atoms with E-state index in [1.165, 1.54) is 44.8 Å². The van der Waals surface area contributed by atoms with E-state index in [1.54, 1.807) is 5.56 Å². The van der Waals surface area contributed by atoms with Crippen molar-refractivity contribution in [2.24, 2.45) is 5.92 Å². The minimum atomic E-state index is 0.786. The molecular formula is C18H25B. The molecule has 0 N–H and O–H groups in total. The lowest BCUT2D eigenvalue weighted by molar-refractivity contribution is 0.391. The van der Waals surface area contributed by atoms with Gasteiger partial charge in [0.25, 0.3) is 0 Å². The van der Waals surface area contributed by atoms with E-state index in [2.05, 4.69) is 43.0 Å². The third-order valence-corrected chi connectivity index (χ3v) is 5.50. The summed E-state index contributed by atoms with van der Waals surface area (Å²) in [5.74, 6) is 2.64. The van der Waals surface area contributed by atoms with Crippen LogP contribution in [-0.4, -0.2) is 6.71 Å². The zero-order valence-corrected chi connectivity index (χ0v) is 11.9. The molecule has 2 aliphatic rings. The molecule has 2 heterocycles. The van der Waals surface area contributed by atoms with E-state index in [0.717, 1.165) is 24.3 Å². The standard InChI is InChI=1S/C18H25B/c1-2-14-19-17-12-6-10-16(11-7-13-17)18(19)15-8-4-3-5-9-15/h2-5,8-9,16-18H,1,6-7,10-14H2/t16?,17?,18-/m1/s1. The summed E-state index contributed by atoms with van der Waals surface area (Å²) in [5, 5.41) is 0. The highest BCUT2D eigenvalue weighted by Crippen LogP contribution is 2.48. The second-order valence-electron chi connectivity index (χ2n) is 6.51. The Morgan fingerprint density at radius 2 is 1.74 bits per heavy atom. The van der Waals surface area contributed by atoms with Gasteiger partial charge >= 0.3 is 0 Å². The average Bonchev–Trinajstić information content (AvgIpc) is 2.68. The van der Waals surface area contributed by atoms with Gasteiger partial charge in [0.05, 0.1) is 0 Å². The quantitative estimate of drug-likeness (QED) is 0.502. The molecule has 19 heavy (non-hydrogen) atoms. The Morgan fingerprint density at radius 1 is 1.05 bits per heavy atom. The van der Waals surface area contributed by atoms with Crippen LogP contribution < -0.4 is 0 Å². The Kier molecular flexibility index (Phi) is 4.10. The molecule has 0 spiro atoms. The van der Waals surface area contributed by atoms with Crippen LogP contribution in [0.25, 0.3) is 0 Å². The van der Waals surface area contributed by atoms with E-state index in [0.29, 0.717) is 0 Å². The van der Waals surface area contributed by atoms with Crippen molar-refractivity contribution in [2.75, 3.05) is 0 Å². The van der Waals surface area contributed by atoms with Crippen molar-refractivity contribution in [1.82, 2.24) is 0 Å². The monoisotopic (exact) mass is 252 g/mol. The Labute approximate surface area is 118 Å². The molecule has 1 aromatic carbocycles. The van der Waals surface area contributed by atoms with E-state index in [4.69, 9.17) is 0 Å². The molecule has 3 rings (SSSR count). The minimum absolute atomic E-state index is 0.786. The van der Waals surface area contributed by atoms with Gasteiger partial charge in [0.1, 0.15) is 0 Å². The summed E-state index contributed by atoms with van der Waals surface area (Å²) in [4.78, 5) is 0. The van der Waals surface area contributed by atoms with Crippen molar-refractivity contribution in [2.45, 2.75) is 56.5 Å². The minimum Gasteiger partial charge on any atom is -0.104 e. The van der Waals surface area contributed by atoms with E-state index < -0.39 is 0 Å². The van der Waals surface area contributed by atoms with Gasteiger partial charge in [0.15, 0.2) is 6.71 Å². The van der Waals surface area contributed by atoms with E-state index in [9.17, 15) is 0 Å². The third kappa shape index (κ3) is 2.66. The molecule has 2 aliphatic heterocycles. The Bertz CT molecular complexity index is 401. The SMILES string of the molecule is C=CCB1C2CCCC(CCC2)[C@H]1c1ccccc1. The summed E-state index contributed by atoms with van der Waals surface area (Å²) in [7, 11) is 0. The van der Waals surface area contributed by atoms with Crippen molar-refractivity contribution in [1.29, 1.82) is 0 Å². The number of allylic oxidation sites excluding steroid dienone is 1. The molecule has 0 unspecified atom stereocenters. The van der Waals surface area contributed by atoms with E-state index in [1.807, 2.05) is 0 Å². The molecular weight excluding hydrogens is 227 g/mol. The molecule has 0 saturated carbocycles. The Balaban J connectivity index is 1.98. The van der Waals surface area contributed by atoms with Crippen LogP contribution in [0.5, 0.6) is 0 Å². The normalized spacial score (nSPS) is 30.7. The van der Waals surface area contributed by atoms with E-state index in [-0.39, 0.29) is 0 Å². The Morgan fingerprint density at radius 3 is 2.37 bits per heavy atom. The van der Waals surface area contributed by atoms with Crippen molar-refractivity contribution >= 4 is 6.71 Å². The van der Waals surface area contributed by atoms with Crippen LogP contribution in [0.15, 0.2) is 43.0 Å². The topological polar surface area (TPSA) is 0 Å². The van der Waals surface area contributed by atoms with Gasteiger partial charge in [-0.2, -0.15) is 0 Å². The summed E-state index contributed by atoms with van der Waals surface area (Å²) in [6.07, 6.45) is 12.1. The van der Waals surface area contributed by atoms with Gasteiger partial charge in [-0.25, -0.2) is 0 Å². The number of benzene rings is 1. The van der Waals surface area contributed by atoms with Crippen LogP contribution in [0.3, 0.4) is 0 Å². The molecule has 2 saturated heterocycles. The Hall–Kier alpha value is -0.975. The lowest BCUT2D eigenvalue weighted by Gasteiger charge is -2.30. The van der Waals surface area contributed by atoms with Crippen LogP contribution in [0.1, 0.15) is 49.9 Å². The van der Waals surface area contributed by atoms with Gasteiger partial charge in [-0.05, 0) is 11.7 Å². The molecule has 0 aliphatic carbocycles. The highest BCUT2D eigenvalue weighted by molar-refractivity contribution is 6.62. The molecule has 2 fully saturated rings. The van der Waals surface area contributed by atoms with Crippen molar-refractivity contribution < 1.29 is 0 Å². The van der Waals surface area contributed by atoms with Gasteiger partial charge in [-0.15, -0.1) is 6.58 Å². The first-order valence-corrected chi connectivity index (χ1v) is 8.06. The molecule has 0 amide bonds. The second-order valence-corrected chi connectivity index (χ2v) is 6.51. The summed E-state index contributed by atoms with van der Waals surface area (Å²) >= 11 is 0. The van der Waals surface area contributed by atoms with Crippen LogP contribution in [0, 0.1) is 5.92 Å². The largest absolute Gasteiger partial charge is 0.155 e. The number of rotatable bonds is 3. The van der Waals surface area contributed by atoms with Gasteiger partial charge in [0, 0.05) is 0 Å². The predicted molar refractivity (Wildman–Crippen MR) is 84.9 cm³/mol. The number of hydrogen-bond donors (Lipinski definition) is 0. The molecule has 0 nitrogen and oxygen atoms in total. The summed E-state index contributed by atoms with van der Waals surface area (Å²) < 4.78 is 0. The van der Waals surface area contributed by atoms with Crippen LogP contribution in [-0.2, 0) is 0 Å². The van der Waals surface area contributed by atoms with Crippen molar-refractivity contribution in [3.8, 4) is 0 Å². The zero-order valence-electron chi connectivity index (χ0n) is 11.9. The predicted octanol–water partition coefficient (Wildman–Crippen LogP) is 5.34. The maximum absolute atomic E-state index is 4.03. The van der Waals surface area contributed by atoms with Gasteiger partial charge in [0.2, 0.25) is 0 Å². The first-order chi connectivity index (χ1) is 9.40. The fraction of sp³-hybridized carbons (Fsp3) is 0.556. The summed E-state index contributed by atoms with van der Waals surface area (Å²) in [6.45, 7) is 4.87. The maximum atomic E-state index is 4.03. The van der Waals surface area contributed by atoms with Crippen LogP contribution in [0.2, 0.25) is 12.1 Å². The summed E-state index contributed by atoms with van der Waals surface area (Å²) in [6, 6.07) is 11.3. The molecule has 1 aromatic rings. The smallest absolute Gasteiger partial charge is 0.104 e. The lowest BCUT2D eigenvalue weighted by Crippen LogP contribution is -2.30. The molecule has 100 valence electrons. The zero-order chi connectivity index (χ0) is 13.1. The van der Waals surface area contributed by atoms with Crippen LogP contribution >= 0.6 is 0 Å². The number of fused-ring (bicyclic) bond motifs is 3. The van der Waals surface area contributed by atoms with Crippen molar-refractivity contribution in [3.05, 3.63) is 48.6 Å². The first-order valence-electron chi connectivity index (χ1n) is 8.06. The highest BCUT2D eigenvalue weighted by atomic mass is 14.3. The van der Waals surface area contributed by atoms with E-state index >= 15 is 0 Å². The van der Waals surface area contributed by atoms with Crippen molar-refractivity contribution in [3.63, 3.8) is 0 Å². The van der Waals surface area contributed by atoms with Gasteiger partial charge in [-0.1, -0.05) is 92.6 Å². The molecule has 0 radical (unpaired) electrons. The number of hydrogen-bond acceptors (Lipinski definition) is 0. The highest BCUT2D eigenvalue weighted by Gasteiger charge is 2.41. The first kappa shape index (κ1) is 13.0. The average molecular weight is 252 g/mol. The summed E-state index contributed by atoms with van der Waals surface area (Å²) in [5.41, 5.74) is 1.59. The van der Waals surface area contributed by atoms with Gasteiger partial charge < -0.3 is 0 Å². The van der Waals surface area contributed by atoms with Gasteiger partial charge in [-0.3, -0.25) is 0 Å². The second kappa shape index (κ2) is 5.99. The molecule has 0 aromatic heterocycles. The fourth-order valence-corrected chi connectivity index (χ4v) is 4.73. The molecule has 2 bridgehead atoms.